The second-order valence-electron chi connectivity index (χ2n) is 6.85. The molecule has 0 radical (unpaired) electrons. The fourth-order valence-corrected chi connectivity index (χ4v) is 6.08. The summed E-state index contributed by atoms with van der Waals surface area (Å²) in [4.78, 5) is 0. The van der Waals surface area contributed by atoms with Gasteiger partial charge in [0, 0.05) is 12.6 Å². The monoisotopic (exact) mass is 206 g/mol. The Labute approximate surface area is 92.2 Å². The largest absolute Gasteiger partial charge is 0.269 e. The first-order valence-corrected chi connectivity index (χ1v) is 6.65. The minimum Gasteiger partial charge on any atom is -0.269 e. The Morgan fingerprint density at radius 2 is 2.00 bits per heavy atom. The normalized spacial score (nSPS) is 60.6. The molecule has 0 aromatic carbocycles. The molecule has 5 saturated carbocycles. The molecule has 0 aromatic rings. The van der Waals surface area contributed by atoms with Crippen molar-refractivity contribution in [2.24, 2.45) is 29.0 Å². The highest BCUT2D eigenvalue weighted by Gasteiger charge is 2.72. The molecular weight excluding hydrogens is 184 g/mol. The molecule has 0 amide bonds. The Hall–Kier alpha value is -0.0800. The molecule has 0 saturated heterocycles. The maximum absolute atomic E-state index is 6.19. The molecule has 2 N–H and O–H groups in total. The average molecular weight is 206 g/mol. The first kappa shape index (κ1) is 9.00. The van der Waals surface area contributed by atoms with Gasteiger partial charge in [-0.05, 0) is 68.1 Å². The van der Waals surface area contributed by atoms with E-state index in [1.54, 1.807) is 0 Å². The number of rotatable bonds is 1. The molecular formula is C13H22N2. The number of fused-ring (bicyclic) bond motifs is 1. The summed E-state index contributed by atoms with van der Waals surface area (Å²) in [6.45, 7) is 0. The van der Waals surface area contributed by atoms with Crippen LogP contribution < -0.4 is 5.84 Å². The first-order valence-electron chi connectivity index (χ1n) is 6.65. The third-order valence-corrected chi connectivity index (χ3v) is 6.53. The van der Waals surface area contributed by atoms with Crippen LogP contribution in [0.3, 0.4) is 0 Å². The summed E-state index contributed by atoms with van der Waals surface area (Å²) in [5.41, 5.74) is 1.09. The van der Waals surface area contributed by atoms with Crippen LogP contribution in [-0.4, -0.2) is 17.6 Å². The average Bonchev–Trinajstić information content (AvgIpc) is 2.31. The minimum absolute atomic E-state index is 0.424. The standard InChI is InChI=1S/C13H22N2/c1-15(14)13-7-10-4-9-2-3-12(13,6-10)11(5-9)8-13/h9-11H,2-8,14H2,1H3. The van der Waals surface area contributed by atoms with E-state index in [1.807, 2.05) is 0 Å². The van der Waals surface area contributed by atoms with Gasteiger partial charge in [0.25, 0.3) is 0 Å². The van der Waals surface area contributed by atoms with Crippen LogP contribution in [0.15, 0.2) is 0 Å². The maximum Gasteiger partial charge on any atom is 0.0413 e. The summed E-state index contributed by atoms with van der Waals surface area (Å²) in [5.74, 6) is 9.32. The highest BCUT2D eigenvalue weighted by atomic mass is 15.4. The van der Waals surface area contributed by atoms with Crippen LogP contribution in [0, 0.1) is 23.2 Å². The Balaban J connectivity index is 1.82. The zero-order chi connectivity index (χ0) is 10.3. The lowest BCUT2D eigenvalue weighted by atomic mass is 9.43. The van der Waals surface area contributed by atoms with E-state index in [0.717, 1.165) is 17.8 Å². The van der Waals surface area contributed by atoms with E-state index in [-0.39, 0.29) is 0 Å². The molecule has 3 bridgehead atoms. The molecule has 5 fully saturated rings. The van der Waals surface area contributed by atoms with Crippen LogP contribution in [-0.2, 0) is 0 Å². The zero-order valence-electron chi connectivity index (χ0n) is 9.71. The number of hydrogen-bond donors (Lipinski definition) is 1. The third-order valence-electron chi connectivity index (χ3n) is 6.53. The topological polar surface area (TPSA) is 29.3 Å². The van der Waals surface area contributed by atoms with Crippen molar-refractivity contribution in [3.8, 4) is 0 Å². The summed E-state index contributed by atoms with van der Waals surface area (Å²) in [5, 5.41) is 2.11. The second-order valence-corrected chi connectivity index (χ2v) is 6.85. The Morgan fingerprint density at radius 3 is 2.73 bits per heavy atom. The predicted octanol–water partition coefficient (Wildman–Crippen LogP) is 2.15. The summed E-state index contributed by atoms with van der Waals surface area (Å²) in [6, 6.07) is 0. The highest BCUT2D eigenvalue weighted by molar-refractivity contribution is 5.25. The Bertz CT molecular complexity index is 310. The van der Waals surface area contributed by atoms with Crippen molar-refractivity contribution in [2.45, 2.75) is 50.5 Å². The number of hydrogen-bond acceptors (Lipinski definition) is 2. The van der Waals surface area contributed by atoms with E-state index >= 15 is 0 Å². The predicted molar refractivity (Wildman–Crippen MR) is 59.9 cm³/mol. The van der Waals surface area contributed by atoms with E-state index in [1.165, 1.54) is 44.9 Å². The summed E-state index contributed by atoms with van der Waals surface area (Å²) in [7, 11) is 2.12. The van der Waals surface area contributed by atoms with Gasteiger partial charge in [0.15, 0.2) is 0 Å². The molecule has 0 aliphatic heterocycles. The summed E-state index contributed by atoms with van der Waals surface area (Å²) >= 11 is 0. The molecule has 15 heavy (non-hydrogen) atoms. The quantitative estimate of drug-likeness (QED) is 0.526. The molecule has 2 heteroatoms. The third kappa shape index (κ3) is 0.794. The molecule has 5 aliphatic carbocycles. The van der Waals surface area contributed by atoms with E-state index in [2.05, 4.69) is 12.1 Å². The van der Waals surface area contributed by atoms with Gasteiger partial charge in [0.05, 0.1) is 0 Å². The SMILES string of the molecule is CN(N)C12CC3CC4CCC1(C3)C(C4)C2. The summed E-state index contributed by atoms with van der Waals surface area (Å²) in [6.07, 6.45) is 10.4. The molecule has 84 valence electrons. The lowest BCUT2D eigenvalue weighted by Crippen LogP contribution is -2.71. The van der Waals surface area contributed by atoms with Crippen molar-refractivity contribution < 1.29 is 0 Å². The number of nitrogens with zero attached hydrogens (tertiary/aromatic N) is 1. The fraction of sp³-hybridized carbons (Fsp3) is 1.00. The van der Waals surface area contributed by atoms with Gasteiger partial charge >= 0.3 is 0 Å². The molecule has 0 aromatic heterocycles. The van der Waals surface area contributed by atoms with Crippen molar-refractivity contribution >= 4 is 0 Å². The lowest BCUT2D eigenvalue weighted by Gasteiger charge is -2.67. The van der Waals surface area contributed by atoms with Gasteiger partial charge in [-0.2, -0.15) is 0 Å². The van der Waals surface area contributed by atoms with Crippen LogP contribution in [0.4, 0.5) is 0 Å². The zero-order valence-corrected chi connectivity index (χ0v) is 9.71. The molecule has 1 spiro atoms. The Morgan fingerprint density at radius 1 is 1.13 bits per heavy atom. The van der Waals surface area contributed by atoms with Gasteiger partial charge in [0.2, 0.25) is 0 Å². The molecule has 5 atom stereocenters. The molecule has 0 heterocycles. The van der Waals surface area contributed by atoms with Crippen molar-refractivity contribution in [2.75, 3.05) is 7.05 Å². The van der Waals surface area contributed by atoms with Crippen LogP contribution in [0.2, 0.25) is 0 Å². The van der Waals surface area contributed by atoms with Gasteiger partial charge < -0.3 is 0 Å². The van der Waals surface area contributed by atoms with Gasteiger partial charge in [-0.1, -0.05) is 0 Å². The van der Waals surface area contributed by atoms with E-state index in [4.69, 9.17) is 5.84 Å². The van der Waals surface area contributed by atoms with Gasteiger partial charge in [-0.25, -0.2) is 5.01 Å². The van der Waals surface area contributed by atoms with Crippen molar-refractivity contribution in [1.82, 2.24) is 5.01 Å². The second kappa shape index (κ2) is 2.43. The molecule has 5 aliphatic rings. The highest BCUT2D eigenvalue weighted by Crippen LogP contribution is 2.75. The van der Waals surface area contributed by atoms with Crippen LogP contribution >= 0.6 is 0 Å². The van der Waals surface area contributed by atoms with E-state index in [9.17, 15) is 0 Å². The number of nitrogens with two attached hydrogens (primary N) is 1. The van der Waals surface area contributed by atoms with E-state index < -0.39 is 0 Å². The lowest BCUT2D eigenvalue weighted by molar-refractivity contribution is -0.173. The van der Waals surface area contributed by atoms with Crippen molar-refractivity contribution in [1.29, 1.82) is 0 Å². The molecule has 2 nitrogen and oxygen atoms in total. The van der Waals surface area contributed by atoms with Crippen molar-refractivity contribution in [3.05, 3.63) is 0 Å². The summed E-state index contributed by atoms with van der Waals surface area (Å²) < 4.78 is 0. The van der Waals surface area contributed by atoms with Gasteiger partial charge in [-0.15, -0.1) is 0 Å². The van der Waals surface area contributed by atoms with Gasteiger partial charge in [-0.3, -0.25) is 5.84 Å². The first-order chi connectivity index (χ1) is 7.16. The maximum atomic E-state index is 6.19. The minimum atomic E-state index is 0.424. The Kier molecular flexibility index (Phi) is 1.46. The number of hydrazine groups is 1. The van der Waals surface area contributed by atoms with E-state index in [0.29, 0.717) is 11.0 Å². The van der Waals surface area contributed by atoms with Crippen LogP contribution in [0.25, 0.3) is 0 Å². The molecule has 5 rings (SSSR count). The fourth-order valence-electron chi connectivity index (χ4n) is 6.08. The van der Waals surface area contributed by atoms with Crippen LogP contribution in [0.5, 0.6) is 0 Å². The van der Waals surface area contributed by atoms with Gasteiger partial charge in [0.1, 0.15) is 0 Å². The van der Waals surface area contributed by atoms with Crippen LogP contribution in [0.1, 0.15) is 44.9 Å². The molecule has 5 unspecified atom stereocenters. The van der Waals surface area contributed by atoms with Crippen molar-refractivity contribution in [3.63, 3.8) is 0 Å². The smallest absolute Gasteiger partial charge is 0.0413 e.